The molecule has 0 atom stereocenters. The number of carbonyl (C=O) groups excluding carboxylic acids is 1. The summed E-state index contributed by atoms with van der Waals surface area (Å²) in [5.74, 6) is 0.651. The van der Waals surface area contributed by atoms with E-state index in [0.29, 0.717) is 12.4 Å². The third kappa shape index (κ3) is 3.07. The molecule has 2 heterocycles. The molecule has 0 bridgehead atoms. The zero-order chi connectivity index (χ0) is 20.0. The van der Waals surface area contributed by atoms with Gasteiger partial charge in [-0.25, -0.2) is 9.97 Å². The summed E-state index contributed by atoms with van der Waals surface area (Å²) < 4.78 is 0. The summed E-state index contributed by atoms with van der Waals surface area (Å²) in [7, 11) is 1.82. The second kappa shape index (κ2) is 6.99. The first-order chi connectivity index (χ1) is 14.1. The maximum atomic E-state index is 13.3. The van der Waals surface area contributed by atoms with E-state index in [1.807, 2.05) is 50.4 Å². The Morgan fingerprint density at radius 2 is 1.83 bits per heavy atom. The van der Waals surface area contributed by atoms with E-state index in [9.17, 15) is 4.79 Å². The molecule has 2 aromatic heterocycles. The smallest absolute Gasteiger partial charge is 0.256 e. The number of benzene rings is 2. The molecular formula is C24H24N4O. The minimum atomic E-state index is -0.0105. The molecule has 0 unspecified atom stereocenters. The maximum Gasteiger partial charge on any atom is 0.256 e. The van der Waals surface area contributed by atoms with Crippen LogP contribution in [0.25, 0.3) is 21.8 Å². The number of nitrogens with one attached hydrogen (secondary N) is 1. The summed E-state index contributed by atoms with van der Waals surface area (Å²) in [6, 6.07) is 14.0. The van der Waals surface area contributed by atoms with Gasteiger partial charge in [0.15, 0.2) is 0 Å². The lowest BCUT2D eigenvalue weighted by Crippen LogP contribution is -2.27. The van der Waals surface area contributed by atoms with Crippen molar-refractivity contribution in [2.24, 2.45) is 0 Å². The summed E-state index contributed by atoms with van der Waals surface area (Å²) in [6.07, 6.45) is 4.59. The first kappa shape index (κ1) is 17.9. The van der Waals surface area contributed by atoms with Crippen LogP contribution in [-0.2, 0) is 19.4 Å². The molecule has 1 amide bonds. The number of amides is 1. The van der Waals surface area contributed by atoms with Gasteiger partial charge in [0.1, 0.15) is 5.82 Å². The Labute approximate surface area is 169 Å². The molecule has 0 spiro atoms. The standard InChI is InChI=1S/C24H24N4O/c1-15-16-8-3-5-12-20(16)26-22(25-15)14-28(2)24(29)19-11-7-10-18-17-9-4-6-13-21(17)27-23(18)19/h3,5,7-8,10-12,27H,4,6,9,13-14H2,1-2H3. The molecular weight excluding hydrogens is 360 g/mol. The highest BCUT2D eigenvalue weighted by Gasteiger charge is 2.21. The van der Waals surface area contributed by atoms with Crippen molar-refractivity contribution < 1.29 is 4.79 Å². The fourth-order valence-corrected chi connectivity index (χ4v) is 4.46. The van der Waals surface area contributed by atoms with Crippen molar-refractivity contribution in [3.8, 4) is 0 Å². The van der Waals surface area contributed by atoms with E-state index >= 15 is 0 Å². The fourth-order valence-electron chi connectivity index (χ4n) is 4.46. The number of aryl methyl sites for hydroxylation is 3. The van der Waals surface area contributed by atoms with Crippen molar-refractivity contribution in [2.75, 3.05) is 7.05 Å². The highest BCUT2D eigenvalue weighted by molar-refractivity contribution is 6.06. The van der Waals surface area contributed by atoms with Gasteiger partial charge in [-0.3, -0.25) is 4.79 Å². The Balaban J connectivity index is 1.47. The quantitative estimate of drug-likeness (QED) is 0.563. The van der Waals surface area contributed by atoms with E-state index < -0.39 is 0 Å². The van der Waals surface area contributed by atoms with Crippen molar-refractivity contribution in [2.45, 2.75) is 39.2 Å². The lowest BCUT2D eigenvalue weighted by Gasteiger charge is -2.17. The molecule has 2 aromatic carbocycles. The van der Waals surface area contributed by atoms with Gasteiger partial charge in [0.25, 0.3) is 5.91 Å². The number of para-hydroxylation sites is 2. The highest BCUT2D eigenvalue weighted by Crippen LogP contribution is 2.31. The number of aromatic amines is 1. The minimum absolute atomic E-state index is 0.0105. The third-order valence-electron chi connectivity index (χ3n) is 5.93. The SMILES string of the molecule is Cc1nc(CN(C)C(=O)c2cccc3c4c([nH]c23)CCCC4)nc2ccccc12. The van der Waals surface area contributed by atoms with Crippen LogP contribution in [0.2, 0.25) is 0 Å². The summed E-state index contributed by atoms with van der Waals surface area (Å²) in [5, 5.41) is 2.24. The number of nitrogens with zero attached hydrogens (tertiary/aromatic N) is 3. The molecule has 5 rings (SSSR count). The molecule has 5 heteroatoms. The predicted octanol–water partition coefficient (Wildman–Crippen LogP) is 4.57. The zero-order valence-corrected chi connectivity index (χ0v) is 16.8. The average molecular weight is 384 g/mol. The summed E-state index contributed by atoms with van der Waals surface area (Å²) in [5.41, 5.74) is 6.21. The number of rotatable bonds is 3. The summed E-state index contributed by atoms with van der Waals surface area (Å²) >= 11 is 0. The maximum absolute atomic E-state index is 13.3. The average Bonchev–Trinajstić information content (AvgIpc) is 3.12. The molecule has 1 aliphatic rings. The van der Waals surface area contributed by atoms with Crippen LogP contribution in [0.1, 0.15) is 46.0 Å². The Bertz CT molecular complexity index is 1240. The van der Waals surface area contributed by atoms with Crippen molar-refractivity contribution in [3.05, 3.63) is 70.8 Å². The number of fused-ring (bicyclic) bond motifs is 4. The minimum Gasteiger partial charge on any atom is -0.358 e. The Kier molecular flexibility index (Phi) is 4.31. The molecule has 1 N–H and O–H groups in total. The number of hydrogen-bond acceptors (Lipinski definition) is 3. The van der Waals surface area contributed by atoms with E-state index in [2.05, 4.69) is 21.0 Å². The van der Waals surface area contributed by atoms with Gasteiger partial charge < -0.3 is 9.88 Å². The van der Waals surface area contributed by atoms with Gasteiger partial charge in [-0.2, -0.15) is 0 Å². The van der Waals surface area contributed by atoms with Gasteiger partial charge in [0, 0.05) is 29.2 Å². The van der Waals surface area contributed by atoms with Gasteiger partial charge in [-0.15, -0.1) is 0 Å². The van der Waals surface area contributed by atoms with E-state index in [-0.39, 0.29) is 5.91 Å². The van der Waals surface area contributed by atoms with Gasteiger partial charge in [0.05, 0.1) is 23.1 Å². The van der Waals surface area contributed by atoms with Gasteiger partial charge in [-0.05, 0) is 50.3 Å². The van der Waals surface area contributed by atoms with Crippen LogP contribution in [0.5, 0.6) is 0 Å². The Morgan fingerprint density at radius 3 is 2.72 bits per heavy atom. The van der Waals surface area contributed by atoms with Crippen LogP contribution in [0.15, 0.2) is 42.5 Å². The molecule has 4 aromatic rings. The highest BCUT2D eigenvalue weighted by atomic mass is 16.2. The van der Waals surface area contributed by atoms with E-state index in [1.165, 1.54) is 29.5 Å². The van der Waals surface area contributed by atoms with Crippen LogP contribution in [0, 0.1) is 6.92 Å². The Morgan fingerprint density at radius 1 is 1.03 bits per heavy atom. The second-order valence-corrected chi connectivity index (χ2v) is 7.92. The normalized spacial score (nSPS) is 13.6. The van der Waals surface area contributed by atoms with Crippen LogP contribution in [0.3, 0.4) is 0 Å². The molecule has 0 fully saturated rings. The number of aromatic nitrogens is 3. The van der Waals surface area contributed by atoms with Gasteiger partial charge in [0.2, 0.25) is 0 Å². The van der Waals surface area contributed by atoms with Crippen molar-refractivity contribution >= 4 is 27.7 Å². The van der Waals surface area contributed by atoms with E-state index in [0.717, 1.165) is 40.5 Å². The monoisotopic (exact) mass is 384 g/mol. The van der Waals surface area contributed by atoms with E-state index in [1.54, 1.807) is 4.90 Å². The summed E-state index contributed by atoms with van der Waals surface area (Å²) in [4.78, 5) is 27.8. The zero-order valence-electron chi connectivity index (χ0n) is 16.8. The first-order valence-electron chi connectivity index (χ1n) is 10.2. The van der Waals surface area contributed by atoms with Gasteiger partial charge >= 0.3 is 0 Å². The summed E-state index contributed by atoms with van der Waals surface area (Å²) in [6.45, 7) is 2.36. The molecule has 0 aliphatic heterocycles. The predicted molar refractivity (Wildman–Crippen MR) is 115 cm³/mol. The van der Waals surface area contributed by atoms with Crippen molar-refractivity contribution in [1.82, 2.24) is 19.9 Å². The molecule has 0 radical (unpaired) electrons. The number of H-pyrrole nitrogens is 1. The van der Waals surface area contributed by atoms with Gasteiger partial charge in [-0.1, -0.05) is 30.3 Å². The second-order valence-electron chi connectivity index (χ2n) is 7.92. The molecule has 0 saturated carbocycles. The fraction of sp³-hybridized carbons (Fsp3) is 0.292. The first-order valence-corrected chi connectivity index (χ1v) is 10.2. The number of carbonyl (C=O) groups is 1. The van der Waals surface area contributed by atoms with Crippen LogP contribution in [0.4, 0.5) is 0 Å². The lowest BCUT2D eigenvalue weighted by atomic mass is 9.95. The molecule has 1 aliphatic carbocycles. The molecule has 0 saturated heterocycles. The molecule has 5 nitrogen and oxygen atoms in total. The third-order valence-corrected chi connectivity index (χ3v) is 5.93. The number of hydrogen-bond donors (Lipinski definition) is 1. The van der Waals surface area contributed by atoms with Crippen LogP contribution < -0.4 is 0 Å². The topological polar surface area (TPSA) is 61.9 Å². The largest absolute Gasteiger partial charge is 0.358 e. The lowest BCUT2D eigenvalue weighted by molar-refractivity contribution is 0.0783. The molecule has 146 valence electrons. The van der Waals surface area contributed by atoms with Crippen LogP contribution in [-0.4, -0.2) is 32.8 Å². The van der Waals surface area contributed by atoms with Crippen molar-refractivity contribution in [3.63, 3.8) is 0 Å². The van der Waals surface area contributed by atoms with E-state index in [4.69, 9.17) is 0 Å². The molecule has 29 heavy (non-hydrogen) atoms. The van der Waals surface area contributed by atoms with Crippen LogP contribution >= 0.6 is 0 Å². The Hall–Kier alpha value is -3.21. The van der Waals surface area contributed by atoms with Crippen molar-refractivity contribution in [1.29, 1.82) is 0 Å².